The van der Waals surface area contributed by atoms with Crippen LogP contribution in [-0.2, 0) is 6.54 Å². The summed E-state index contributed by atoms with van der Waals surface area (Å²) >= 11 is 0. The summed E-state index contributed by atoms with van der Waals surface area (Å²) in [7, 11) is 0. The molecule has 0 saturated carbocycles. The number of benzene rings is 1. The Bertz CT molecular complexity index is 802. The molecule has 0 spiro atoms. The van der Waals surface area contributed by atoms with Crippen molar-refractivity contribution in [3.63, 3.8) is 0 Å². The van der Waals surface area contributed by atoms with Crippen molar-refractivity contribution in [3.8, 4) is 0 Å². The van der Waals surface area contributed by atoms with E-state index in [-0.39, 0.29) is 23.7 Å². The third-order valence-electron chi connectivity index (χ3n) is 3.85. The van der Waals surface area contributed by atoms with Crippen molar-refractivity contribution >= 4 is 11.9 Å². The van der Waals surface area contributed by atoms with E-state index in [1.165, 1.54) is 6.20 Å². The van der Waals surface area contributed by atoms with E-state index in [1.807, 2.05) is 49.4 Å². The highest BCUT2D eigenvalue weighted by atomic mass is 16.4. The summed E-state index contributed by atoms with van der Waals surface area (Å²) in [5, 5.41) is 0. The van der Waals surface area contributed by atoms with E-state index in [0.29, 0.717) is 6.54 Å². The molecule has 0 aliphatic carbocycles. The molecule has 0 saturated heterocycles. The summed E-state index contributed by atoms with van der Waals surface area (Å²) in [4.78, 5) is 22.5. The van der Waals surface area contributed by atoms with Crippen LogP contribution < -0.4 is 5.73 Å². The van der Waals surface area contributed by atoms with Gasteiger partial charge in [0.15, 0.2) is 0 Å². The summed E-state index contributed by atoms with van der Waals surface area (Å²) in [5.41, 5.74) is 7.51. The first-order valence-electron chi connectivity index (χ1n) is 7.61. The molecular weight excluding hydrogens is 304 g/mol. The molecule has 0 aliphatic heterocycles. The maximum absolute atomic E-state index is 12.9. The molecule has 2 aromatic heterocycles. The van der Waals surface area contributed by atoms with E-state index >= 15 is 0 Å². The van der Waals surface area contributed by atoms with Crippen molar-refractivity contribution in [2.75, 3.05) is 5.73 Å². The molecule has 3 rings (SSSR count). The van der Waals surface area contributed by atoms with Crippen molar-refractivity contribution in [1.29, 1.82) is 0 Å². The number of anilines is 1. The van der Waals surface area contributed by atoms with E-state index in [1.54, 1.807) is 17.3 Å². The Morgan fingerprint density at radius 2 is 1.92 bits per heavy atom. The van der Waals surface area contributed by atoms with Crippen molar-refractivity contribution < 1.29 is 9.21 Å². The van der Waals surface area contributed by atoms with E-state index in [9.17, 15) is 4.79 Å². The van der Waals surface area contributed by atoms with Crippen LogP contribution in [0.3, 0.4) is 0 Å². The van der Waals surface area contributed by atoms with Gasteiger partial charge in [-0.25, -0.2) is 4.98 Å². The molecule has 6 nitrogen and oxygen atoms in total. The lowest BCUT2D eigenvalue weighted by atomic mass is 10.1. The Labute approximate surface area is 140 Å². The van der Waals surface area contributed by atoms with Gasteiger partial charge >= 0.3 is 0 Å². The van der Waals surface area contributed by atoms with E-state index in [0.717, 1.165) is 11.1 Å². The molecule has 3 aromatic rings. The first kappa shape index (κ1) is 15.7. The number of carbonyl (C=O) groups excluding carboxylic acids is 1. The van der Waals surface area contributed by atoms with Gasteiger partial charge in [0.2, 0.25) is 5.76 Å². The van der Waals surface area contributed by atoms with E-state index in [4.69, 9.17) is 10.2 Å². The van der Waals surface area contributed by atoms with Crippen LogP contribution in [0.4, 0.5) is 6.01 Å². The summed E-state index contributed by atoms with van der Waals surface area (Å²) in [5.74, 6) is -0.128. The zero-order valence-corrected chi connectivity index (χ0v) is 13.3. The first-order chi connectivity index (χ1) is 11.6. The second-order valence-electron chi connectivity index (χ2n) is 5.44. The normalized spacial score (nSPS) is 11.9. The molecular formula is C18H18N4O2. The van der Waals surface area contributed by atoms with Crippen LogP contribution in [0.1, 0.15) is 34.6 Å². The molecule has 6 heteroatoms. The highest BCUT2D eigenvalue weighted by Crippen LogP contribution is 2.25. The molecule has 0 fully saturated rings. The van der Waals surface area contributed by atoms with Crippen LogP contribution in [0.5, 0.6) is 0 Å². The highest BCUT2D eigenvalue weighted by molar-refractivity contribution is 5.91. The average Bonchev–Trinajstić information content (AvgIpc) is 3.06. The quantitative estimate of drug-likeness (QED) is 0.780. The van der Waals surface area contributed by atoms with E-state index < -0.39 is 0 Å². The number of aromatic nitrogens is 2. The van der Waals surface area contributed by atoms with E-state index in [2.05, 4.69) is 9.97 Å². The van der Waals surface area contributed by atoms with Crippen molar-refractivity contribution in [3.05, 3.63) is 77.9 Å². The molecule has 1 aromatic carbocycles. The minimum atomic E-state index is -0.257. The number of amides is 1. The molecule has 0 aliphatic rings. The predicted molar refractivity (Wildman–Crippen MR) is 89.9 cm³/mol. The Morgan fingerprint density at radius 1 is 1.21 bits per heavy atom. The number of pyridine rings is 1. The number of oxazole rings is 1. The second-order valence-corrected chi connectivity index (χ2v) is 5.44. The van der Waals surface area contributed by atoms with Crippen molar-refractivity contribution in [2.24, 2.45) is 0 Å². The fourth-order valence-corrected chi connectivity index (χ4v) is 2.51. The monoisotopic (exact) mass is 322 g/mol. The molecule has 2 N–H and O–H groups in total. The molecule has 0 bridgehead atoms. The summed E-state index contributed by atoms with van der Waals surface area (Å²) in [6.45, 7) is 2.41. The van der Waals surface area contributed by atoms with Crippen molar-refractivity contribution in [1.82, 2.24) is 14.9 Å². The van der Waals surface area contributed by atoms with Gasteiger partial charge in [-0.2, -0.15) is 0 Å². The third kappa shape index (κ3) is 3.43. The van der Waals surface area contributed by atoms with Crippen LogP contribution >= 0.6 is 0 Å². The average molecular weight is 322 g/mol. The van der Waals surface area contributed by atoms with Crippen molar-refractivity contribution in [2.45, 2.75) is 19.5 Å². The van der Waals surface area contributed by atoms with Crippen LogP contribution in [0, 0.1) is 0 Å². The number of carbonyl (C=O) groups is 1. The van der Waals surface area contributed by atoms with Gasteiger partial charge in [0.25, 0.3) is 11.9 Å². The SMILES string of the molecule is CC(c1ccccc1)N(Cc1ccncc1)C(=O)c1cnc(N)o1. The van der Waals surface area contributed by atoms with Gasteiger partial charge in [-0.05, 0) is 30.2 Å². The van der Waals surface area contributed by atoms with Gasteiger partial charge < -0.3 is 15.1 Å². The standard InChI is InChI=1S/C18H18N4O2/c1-13(15-5-3-2-4-6-15)22(12-14-7-9-20-10-8-14)17(23)16-11-21-18(19)24-16/h2-11,13H,12H2,1H3,(H2,19,21). The molecule has 0 radical (unpaired) electrons. The highest BCUT2D eigenvalue weighted by Gasteiger charge is 2.25. The lowest BCUT2D eigenvalue weighted by Crippen LogP contribution is -2.33. The smallest absolute Gasteiger partial charge is 0.292 e. The van der Waals surface area contributed by atoms with Gasteiger partial charge in [0, 0.05) is 18.9 Å². The molecule has 24 heavy (non-hydrogen) atoms. The van der Waals surface area contributed by atoms with Gasteiger partial charge in [-0.3, -0.25) is 9.78 Å². The number of hydrogen-bond donors (Lipinski definition) is 1. The Kier molecular flexibility index (Phi) is 4.56. The number of hydrogen-bond acceptors (Lipinski definition) is 5. The minimum Gasteiger partial charge on any atom is -0.418 e. The maximum atomic E-state index is 12.9. The second kappa shape index (κ2) is 6.95. The fourth-order valence-electron chi connectivity index (χ4n) is 2.51. The zero-order valence-electron chi connectivity index (χ0n) is 13.3. The molecule has 1 atom stereocenters. The van der Waals surface area contributed by atoms with Crippen LogP contribution in [0.25, 0.3) is 0 Å². The minimum absolute atomic E-state index is 0.0189. The van der Waals surface area contributed by atoms with Gasteiger partial charge in [-0.15, -0.1) is 0 Å². The maximum Gasteiger partial charge on any atom is 0.292 e. The summed E-state index contributed by atoms with van der Waals surface area (Å²) in [6, 6.07) is 13.4. The lowest BCUT2D eigenvalue weighted by Gasteiger charge is -2.29. The largest absolute Gasteiger partial charge is 0.418 e. The van der Waals surface area contributed by atoms with Crippen LogP contribution in [0.15, 0.2) is 65.5 Å². The van der Waals surface area contributed by atoms with Crippen LogP contribution in [0.2, 0.25) is 0 Å². The predicted octanol–water partition coefficient (Wildman–Crippen LogP) is 3.06. The van der Waals surface area contributed by atoms with Gasteiger partial charge in [0.1, 0.15) is 0 Å². The topological polar surface area (TPSA) is 85.2 Å². The fraction of sp³-hybridized carbons (Fsp3) is 0.167. The molecule has 122 valence electrons. The summed E-state index contributed by atoms with van der Waals surface area (Å²) in [6.07, 6.45) is 4.77. The molecule has 2 heterocycles. The first-order valence-corrected chi connectivity index (χ1v) is 7.61. The number of nitrogens with two attached hydrogens (primary N) is 1. The Hall–Kier alpha value is -3.15. The van der Waals surface area contributed by atoms with Crippen LogP contribution in [-0.4, -0.2) is 20.8 Å². The number of nitrogen functional groups attached to an aromatic ring is 1. The molecule has 1 unspecified atom stereocenters. The lowest BCUT2D eigenvalue weighted by molar-refractivity contribution is 0.0642. The molecule has 1 amide bonds. The Balaban J connectivity index is 1.92. The summed E-state index contributed by atoms with van der Waals surface area (Å²) < 4.78 is 5.21. The van der Waals surface area contributed by atoms with Gasteiger partial charge in [-0.1, -0.05) is 30.3 Å². The van der Waals surface area contributed by atoms with Gasteiger partial charge in [0.05, 0.1) is 12.2 Å². The zero-order chi connectivity index (χ0) is 16.9. The number of rotatable bonds is 5. The number of nitrogens with zero attached hydrogens (tertiary/aromatic N) is 3. The Morgan fingerprint density at radius 3 is 2.54 bits per heavy atom. The third-order valence-corrected chi connectivity index (χ3v) is 3.85.